The molecule has 4 heteroatoms. The molecule has 1 heterocycles. The van der Waals surface area contributed by atoms with Gasteiger partial charge in [-0.15, -0.1) is 0 Å². The quantitative estimate of drug-likeness (QED) is 0.573. The van der Waals surface area contributed by atoms with E-state index in [0.29, 0.717) is 5.75 Å². The van der Waals surface area contributed by atoms with Gasteiger partial charge in [0.05, 0.1) is 6.20 Å². The minimum absolute atomic E-state index is 0.325. The zero-order chi connectivity index (χ0) is 11.5. The van der Waals surface area contributed by atoms with Crippen LogP contribution in [0, 0.1) is 6.92 Å². The molecule has 1 aromatic carbocycles. The van der Waals surface area contributed by atoms with E-state index in [1.807, 2.05) is 19.1 Å². The second-order valence-electron chi connectivity index (χ2n) is 3.41. The zero-order valence-corrected chi connectivity index (χ0v) is 9.06. The molecule has 0 saturated carbocycles. The number of esters is 1. The maximum absolute atomic E-state index is 10.7. The van der Waals surface area contributed by atoms with Crippen molar-refractivity contribution in [2.45, 2.75) is 13.8 Å². The number of hydrogen-bond donors (Lipinski definition) is 0. The van der Waals surface area contributed by atoms with E-state index < -0.39 is 0 Å². The first-order chi connectivity index (χ1) is 7.66. The molecule has 0 N–H and O–H groups in total. The maximum atomic E-state index is 10.7. The highest BCUT2D eigenvalue weighted by atomic mass is 16.5. The van der Waals surface area contributed by atoms with Crippen molar-refractivity contribution in [3.63, 3.8) is 0 Å². The largest absolute Gasteiger partial charge is 0.427 e. The van der Waals surface area contributed by atoms with Gasteiger partial charge in [-0.2, -0.15) is 0 Å². The lowest BCUT2D eigenvalue weighted by Crippen LogP contribution is -2.00. The highest BCUT2D eigenvalue weighted by molar-refractivity contribution is 5.70. The molecule has 4 nitrogen and oxygen atoms in total. The summed E-state index contributed by atoms with van der Waals surface area (Å²) in [6.07, 6.45) is 1.66. The van der Waals surface area contributed by atoms with Crippen LogP contribution in [0.5, 0.6) is 5.75 Å². The van der Waals surface area contributed by atoms with Crippen molar-refractivity contribution in [1.29, 1.82) is 0 Å². The van der Waals surface area contributed by atoms with Crippen molar-refractivity contribution >= 4 is 5.97 Å². The number of ether oxygens (including phenoxy) is 1. The summed E-state index contributed by atoms with van der Waals surface area (Å²) in [5, 5.41) is 3.71. The van der Waals surface area contributed by atoms with E-state index in [-0.39, 0.29) is 5.97 Å². The van der Waals surface area contributed by atoms with Crippen molar-refractivity contribution in [3.05, 3.63) is 36.2 Å². The average molecular weight is 217 g/mol. The van der Waals surface area contributed by atoms with Crippen LogP contribution in [-0.4, -0.2) is 11.1 Å². The molecule has 0 aliphatic carbocycles. The smallest absolute Gasteiger partial charge is 0.308 e. The van der Waals surface area contributed by atoms with Crippen LogP contribution in [0.2, 0.25) is 0 Å². The Hall–Kier alpha value is -2.10. The summed E-state index contributed by atoms with van der Waals surface area (Å²) in [5.41, 5.74) is 1.92. The summed E-state index contributed by atoms with van der Waals surface area (Å²) >= 11 is 0. The standard InChI is InChI=1S/C12H11NO3/c1-8-12(7-13-16-8)10-3-5-11(6-4-10)15-9(2)14/h3-7H,1-2H3. The first-order valence-electron chi connectivity index (χ1n) is 4.87. The first-order valence-corrected chi connectivity index (χ1v) is 4.87. The molecule has 0 bridgehead atoms. The zero-order valence-electron chi connectivity index (χ0n) is 9.06. The van der Waals surface area contributed by atoms with Crippen LogP contribution in [0.1, 0.15) is 12.7 Å². The number of benzene rings is 1. The third-order valence-electron chi connectivity index (χ3n) is 2.18. The Morgan fingerprint density at radius 2 is 2.00 bits per heavy atom. The van der Waals surface area contributed by atoms with Crippen LogP contribution in [0.25, 0.3) is 11.1 Å². The average Bonchev–Trinajstić information content (AvgIpc) is 2.65. The fourth-order valence-corrected chi connectivity index (χ4v) is 1.44. The fourth-order valence-electron chi connectivity index (χ4n) is 1.44. The molecule has 0 radical (unpaired) electrons. The fraction of sp³-hybridized carbons (Fsp3) is 0.167. The van der Waals surface area contributed by atoms with Crippen LogP contribution in [0.4, 0.5) is 0 Å². The molecular weight excluding hydrogens is 206 g/mol. The van der Waals surface area contributed by atoms with Gasteiger partial charge in [0.1, 0.15) is 11.5 Å². The Labute approximate surface area is 92.8 Å². The number of aromatic nitrogens is 1. The van der Waals surface area contributed by atoms with Crippen LogP contribution in [0.3, 0.4) is 0 Å². The van der Waals surface area contributed by atoms with E-state index in [1.54, 1.807) is 18.3 Å². The molecule has 0 atom stereocenters. The molecule has 16 heavy (non-hydrogen) atoms. The minimum atomic E-state index is -0.325. The van der Waals surface area contributed by atoms with Crippen molar-refractivity contribution < 1.29 is 14.1 Å². The van der Waals surface area contributed by atoms with Gasteiger partial charge in [-0.25, -0.2) is 0 Å². The predicted octanol–water partition coefficient (Wildman–Crippen LogP) is 2.58. The topological polar surface area (TPSA) is 52.3 Å². The van der Waals surface area contributed by atoms with Gasteiger partial charge >= 0.3 is 5.97 Å². The Kier molecular flexibility index (Phi) is 2.72. The Balaban J connectivity index is 2.26. The molecule has 0 amide bonds. The monoisotopic (exact) mass is 217 g/mol. The molecular formula is C12H11NO3. The lowest BCUT2D eigenvalue weighted by Gasteiger charge is -2.02. The van der Waals surface area contributed by atoms with Crippen molar-refractivity contribution in [2.24, 2.45) is 0 Å². The molecule has 0 aliphatic heterocycles. The summed E-state index contributed by atoms with van der Waals surface area (Å²) in [4.78, 5) is 10.7. The van der Waals surface area contributed by atoms with Crippen molar-refractivity contribution in [2.75, 3.05) is 0 Å². The highest BCUT2D eigenvalue weighted by Gasteiger charge is 2.06. The van der Waals surface area contributed by atoms with E-state index in [1.165, 1.54) is 6.92 Å². The van der Waals surface area contributed by atoms with Gasteiger partial charge in [0.15, 0.2) is 0 Å². The van der Waals surface area contributed by atoms with Gasteiger partial charge in [0, 0.05) is 12.5 Å². The third kappa shape index (κ3) is 2.11. The Morgan fingerprint density at radius 1 is 1.31 bits per heavy atom. The van der Waals surface area contributed by atoms with Crippen LogP contribution >= 0.6 is 0 Å². The second kappa shape index (κ2) is 4.18. The van der Waals surface area contributed by atoms with Crippen LogP contribution in [0.15, 0.2) is 35.0 Å². The first kappa shape index (κ1) is 10.4. The Bertz CT molecular complexity index is 499. The lowest BCUT2D eigenvalue weighted by molar-refractivity contribution is -0.131. The van der Waals surface area contributed by atoms with Crippen LogP contribution < -0.4 is 4.74 Å². The number of rotatable bonds is 2. The van der Waals surface area contributed by atoms with Gasteiger partial charge in [0.2, 0.25) is 0 Å². The van der Waals surface area contributed by atoms with Gasteiger partial charge in [-0.1, -0.05) is 17.3 Å². The van der Waals surface area contributed by atoms with Gasteiger partial charge in [-0.05, 0) is 24.6 Å². The predicted molar refractivity (Wildman–Crippen MR) is 58.0 cm³/mol. The molecule has 0 fully saturated rings. The Morgan fingerprint density at radius 3 is 2.50 bits per heavy atom. The molecule has 0 unspecified atom stereocenters. The summed E-state index contributed by atoms with van der Waals surface area (Å²) < 4.78 is 9.92. The van der Waals surface area contributed by atoms with E-state index >= 15 is 0 Å². The minimum Gasteiger partial charge on any atom is -0.427 e. The molecule has 1 aromatic heterocycles. The van der Waals surface area contributed by atoms with E-state index in [9.17, 15) is 4.79 Å². The number of carbonyl (C=O) groups excluding carboxylic acids is 1. The van der Waals surface area contributed by atoms with E-state index in [2.05, 4.69) is 5.16 Å². The second-order valence-corrected chi connectivity index (χ2v) is 3.41. The normalized spacial score (nSPS) is 10.1. The maximum Gasteiger partial charge on any atom is 0.308 e. The van der Waals surface area contributed by atoms with E-state index in [4.69, 9.17) is 9.26 Å². The lowest BCUT2D eigenvalue weighted by atomic mass is 10.1. The van der Waals surface area contributed by atoms with Gasteiger partial charge < -0.3 is 9.26 Å². The summed E-state index contributed by atoms with van der Waals surface area (Å²) in [6, 6.07) is 7.20. The molecule has 0 aliphatic rings. The van der Waals surface area contributed by atoms with Crippen molar-refractivity contribution in [1.82, 2.24) is 5.16 Å². The molecule has 0 saturated heterocycles. The summed E-state index contributed by atoms with van der Waals surface area (Å²) in [5.74, 6) is 0.972. The number of aryl methyl sites for hydroxylation is 1. The molecule has 2 rings (SSSR count). The van der Waals surface area contributed by atoms with Crippen molar-refractivity contribution in [3.8, 4) is 16.9 Å². The van der Waals surface area contributed by atoms with Gasteiger partial charge in [0.25, 0.3) is 0 Å². The number of hydrogen-bond acceptors (Lipinski definition) is 4. The van der Waals surface area contributed by atoms with E-state index in [0.717, 1.165) is 16.9 Å². The molecule has 2 aromatic rings. The number of nitrogens with zero attached hydrogens (tertiary/aromatic N) is 1. The molecule has 82 valence electrons. The third-order valence-corrected chi connectivity index (χ3v) is 2.18. The summed E-state index contributed by atoms with van der Waals surface area (Å²) in [6.45, 7) is 3.22. The van der Waals surface area contributed by atoms with Gasteiger partial charge in [-0.3, -0.25) is 4.79 Å². The van der Waals surface area contributed by atoms with Crippen LogP contribution in [-0.2, 0) is 4.79 Å². The number of carbonyl (C=O) groups is 1. The highest BCUT2D eigenvalue weighted by Crippen LogP contribution is 2.24. The SMILES string of the molecule is CC(=O)Oc1ccc(-c2cnoc2C)cc1. The molecule has 0 spiro atoms. The summed E-state index contributed by atoms with van der Waals surface area (Å²) in [7, 11) is 0.